The van der Waals surface area contributed by atoms with Gasteiger partial charge < -0.3 is 0 Å². The normalized spacial score (nSPS) is 12.9. The first-order valence-electron chi connectivity index (χ1n) is 5.49. The molecule has 0 amide bonds. The molecule has 0 aromatic carbocycles. The van der Waals surface area contributed by atoms with Crippen LogP contribution in [0, 0.1) is 0 Å². The maximum Gasteiger partial charge on any atom is 0.418 e. The molecule has 2 rings (SSSR count). The second kappa shape index (κ2) is 4.46. The maximum atomic E-state index is 12.9. The number of hydrogen-bond donors (Lipinski definition) is 0. The zero-order chi connectivity index (χ0) is 14.2. The Hall–Kier alpha value is -2.24. The van der Waals surface area contributed by atoms with Gasteiger partial charge in [0.25, 0.3) is 0 Å². The predicted octanol–water partition coefficient (Wildman–Crippen LogP) is 3.17. The molecule has 3 nitrogen and oxygen atoms in total. The Morgan fingerprint density at radius 3 is 2.63 bits per heavy atom. The summed E-state index contributed by atoms with van der Waals surface area (Å²) in [7, 11) is 0. The zero-order valence-electron chi connectivity index (χ0n) is 10.1. The number of aromatic nitrogens is 2. The zero-order valence-corrected chi connectivity index (χ0v) is 10.1. The van der Waals surface area contributed by atoms with Crippen molar-refractivity contribution in [2.45, 2.75) is 13.1 Å². The SMILES string of the molecule is C=C/C(=C\C)n1cc2c(C(F)(F)F)cccn2c1=O. The molecule has 0 aliphatic rings. The molecular formula is C13H11F3N2O. The topological polar surface area (TPSA) is 26.4 Å². The smallest absolute Gasteiger partial charge is 0.267 e. The van der Waals surface area contributed by atoms with Crippen LogP contribution in [0.1, 0.15) is 12.5 Å². The average molecular weight is 268 g/mol. The number of imidazole rings is 1. The average Bonchev–Trinajstić information content (AvgIpc) is 2.68. The molecular weight excluding hydrogens is 257 g/mol. The molecule has 19 heavy (non-hydrogen) atoms. The second-order valence-corrected chi connectivity index (χ2v) is 3.87. The van der Waals surface area contributed by atoms with Crippen LogP contribution >= 0.6 is 0 Å². The van der Waals surface area contributed by atoms with E-state index in [0.717, 1.165) is 15.0 Å². The highest BCUT2D eigenvalue weighted by Gasteiger charge is 2.33. The first-order valence-corrected chi connectivity index (χ1v) is 5.49. The van der Waals surface area contributed by atoms with Crippen LogP contribution in [-0.4, -0.2) is 8.97 Å². The number of pyridine rings is 1. The number of allylic oxidation sites excluding steroid dienone is 3. The minimum Gasteiger partial charge on any atom is -0.267 e. The molecule has 0 aliphatic heterocycles. The molecule has 0 fully saturated rings. The lowest BCUT2D eigenvalue weighted by Crippen LogP contribution is -2.19. The van der Waals surface area contributed by atoms with Crippen LogP contribution in [-0.2, 0) is 6.18 Å². The first kappa shape index (κ1) is 13.2. The summed E-state index contributed by atoms with van der Waals surface area (Å²) in [6.07, 6.45) is 0.979. The summed E-state index contributed by atoms with van der Waals surface area (Å²) in [6, 6.07) is 2.15. The van der Waals surface area contributed by atoms with Crippen molar-refractivity contribution < 1.29 is 13.2 Å². The summed E-state index contributed by atoms with van der Waals surface area (Å²) in [5, 5.41) is 0. The summed E-state index contributed by atoms with van der Waals surface area (Å²) in [6.45, 7) is 5.21. The van der Waals surface area contributed by atoms with Gasteiger partial charge in [-0.25, -0.2) is 4.79 Å². The molecule has 0 bridgehead atoms. The van der Waals surface area contributed by atoms with Crippen LogP contribution in [0.5, 0.6) is 0 Å². The fourth-order valence-electron chi connectivity index (χ4n) is 1.89. The molecule has 0 spiro atoms. The van der Waals surface area contributed by atoms with E-state index < -0.39 is 17.4 Å². The monoisotopic (exact) mass is 268 g/mol. The van der Waals surface area contributed by atoms with Gasteiger partial charge in [-0.05, 0) is 25.1 Å². The highest BCUT2D eigenvalue weighted by atomic mass is 19.4. The van der Waals surface area contributed by atoms with Gasteiger partial charge in [0.1, 0.15) is 0 Å². The van der Waals surface area contributed by atoms with Crippen molar-refractivity contribution in [3.63, 3.8) is 0 Å². The van der Waals surface area contributed by atoms with E-state index >= 15 is 0 Å². The Morgan fingerprint density at radius 1 is 1.42 bits per heavy atom. The van der Waals surface area contributed by atoms with Gasteiger partial charge in [0.15, 0.2) is 0 Å². The molecule has 0 radical (unpaired) electrons. The van der Waals surface area contributed by atoms with Crippen LogP contribution in [0.2, 0.25) is 0 Å². The fraction of sp³-hybridized carbons (Fsp3) is 0.154. The van der Waals surface area contributed by atoms with Crippen molar-refractivity contribution in [3.05, 3.63) is 59.3 Å². The fourth-order valence-corrected chi connectivity index (χ4v) is 1.89. The summed E-state index contributed by atoms with van der Waals surface area (Å²) < 4.78 is 40.7. The van der Waals surface area contributed by atoms with Gasteiger partial charge in [-0.2, -0.15) is 13.2 Å². The highest BCUT2D eigenvalue weighted by Crippen LogP contribution is 2.32. The maximum absolute atomic E-state index is 12.9. The van der Waals surface area contributed by atoms with E-state index in [9.17, 15) is 18.0 Å². The predicted molar refractivity (Wildman–Crippen MR) is 66.8 cm³/mol. The minimum atomic E-state index is -4.50. The Kier molecular flexibility index (Phi) is 3.09. The number of alkyl halides is 3. The number of fused-ring (bicyclic) bond motifs is 1. The van der Waals surface area contributed by atoms with E-state index in [1.54, 1.807) is 13.0 Å². The van der Waals surface area contributed by atoms with Gasteiger partial charge in [-0.15, -0.1) is 0 Å². The van der Waals surface area contributed by atoms with Crippen LogP contribution in [0.3, 0.4) is 0 Å². The van der Waals surface area contributed by atoms with Crippen LogP contribution in [0.25, 0.3) is 11.2 Å². The number of rotatable bonds is 2. The molecule has 2 heterocycles. The molecule has 2 aromatic rings. The molecule has 100 valence electrons. The standard InChI is InChI=1S/C13H11F3N2O/c1-3-9(4-2)18-8-11-10(13(14,15)16)6-5-7-17(11)12(18)19/h3-8H,1H2,2H3/b9-4+. The highest BCUT2D eigenvalue weighted by molar-refractivity contribution is 5.62. The van der Waals surface area contributed by atoms with Gasteiger partial charge >= 0.3 is 11.9 Å². The second-order valence-electron chi connectivity index (χ2n) is 3.87. The Bertz CT molecular complexity index is 720. The summed E-state index contributed by atoms with van der Waals surface area (Å²) in [5.41, 5.74) is -1.15. The van der Waals surface area contributed by atoms with Crippen molar-refractivity contribution in [1.82, 2.24) is 8.97 Å². The Balaban J connectivity index is 2.85. The van der Waals surface area contributed by atoms with E-state index in [1.807, 2.05) is 0 Å². The van der Waals surface area contributed by atoms with Gasteiger partial charge in [-0.1, -0.05) is 12.7 Å². The van der Waals surface area contributed by atoms with Gasteiger partial charge in [-0.3, -0.25) is 8.97 Å². The third-order valence-electron chi connectivity index (χ3n) is 2.79. The minimum absolute atomic E-state index is 0.179. The van der Waals surface area contributed by atoms with Crippen LogP contribution < -0.4 is 5.69 Å². The third-order valence-corrected chi connectivity index (χ3v) is 2.79. The van der Waals surface area contributed by atoms with E-state index in [1.165, 1.54) is 24.5 Å². The lowest BCUT2D eigenvalue weighted by Gasteiger charge is -2.07. The largest absolute Gasteiger partial charge is 0.418 e. The quantitative estimate of drug-likeness (QED) is 0.768. The number of nitrogens with zero attached hydrogens (tertiary/aromatic N) is 2. The van der Waals surface area contributed by atoms with Crippen molar-refractivity contribution in [2.24, 2.45) is 0 Å². The van der Waals surface area contributed by atoms with Crippen molar-refractivity contribution in [3.8, 4) is 0 Å². The lowest BCUT2D eigenvalue weighted by atomic mass is 10.2. The summed E-state index contributed by atoms with van der Waals surface area (Å²) >= 11 is 0. The van der Waals surface area contributed by atoms with Crippen molar-refractivity contribution >= 4 is 11.2 Å². The molecule has 0 aliphatic carbocycles. The molecule has 0 saturated heterocycles. The summed E-state index contributed by atoms with van der Waals surface area (Å²) in [5.74, 6) is 0. The number of halogens is 3. The van der Waals surface area contributed by atoms with Gasteiger partial charge in [0.2, 0.25) is 0 Å². The van der Waals surface area contributed by atoms with E-state index in [0.29, 0.717) is 5.70 Å². The van der Waals surface area contributed by atoms with Crippen LogP contribution in [0.15, 0.2) is 48.1 Å². The van der Waals surface area contributed by atoms with Crippen LogP contribution in [0.4, 0.5) is 13.2 Å². The van der Waals surface area contributed by atoms with E-state index in [2.05, 4.69) is 6.58 Å². The molecule has 2 aromatic heterocycles. The number of hydrogen-bond acceptors (Lipinski definition) is 1. The van der Waals surface area contributed by atoms with Crippen molar-refractivity contribution in [2.75, 3.05) is 0 Å². The first-order chi connectivity index (χ1) is 8.90. The molecule has 0 unspecified atom stereocenters. The third kappa shape index (κ3) is 2.09. The van der Waals surface area contributed by atoms with Gasteiger partial charge in [0.05, 0.1) is 11.1 Å². The summed E-state index contributed by atoms with van der Waals surface area (Å²) in [4.78, 5) is 12.0. The Labute approximate surface area is 106 Å². The molecule has 0 atom stereocenters. The van der Waals surface area contributed by atoms with E-state index in [4.69, 9.17) is 0 Å². The molecule has 6 heteroatoms. The Morgan fingerprint density at radius 2 is 2.11 bits per heavy atom. The molecule has 0 N–H and O–H groups in total. The van der Waals surface area contributed by atoms with Gasteiger partial charge in [0, 0.05) is 18.1 Å². The lowest BCUT2D eigenvalue weighted by molar-refractivity contribution is -0.136. The molecule has 0 saturated carbocycles. The van der Waals surface area contributed by atoms with Crippen molar-refractivity contribution in [1.29, 1.82) is 0 Å². The van der Waals surface area contributed by atoms with E-state index in [-0.39, 0.29) is 5.52 Å².